The monoisotopic (exact) mass is 418 g/mol. The number of pyridine rings is 1. The molecule has 1 fully saturated rings. The zero-order valence-corrected chi connectivity index (χ0v) is 17.6. The second-order valence-corrected chi connectivity index (χ2v) is 7.88. The number of piperidine rings is 1. The van der Waals surface area contributed by atoms with Crippen LogP contribution in [-0.4, -0.2) is 46.9 Å². The number of nitrogens with zero attached hydrogens (tertiary/aromatic N) is 4. The maximum Gasteiger partial charge on any atom is 0.259 e. The minimum atomic E-state index is -0.0522. The van der Waals surface area contributed by atoms with Crippen molar-refractivity contribution in [2.75, 3.05) is 31.7 Å². The van der Waals surface area contributed by atoms with Crippen molar-refractivity contribution in [1.82, 2.24) is 14.0 Å². The van der Waals surface area contributed by atoms with E-state index in [4.69, 9.17) is 9.47 Å². The molecule has 0 amide bonds. The van der Waals surface area contributed by atoms with Crippen molar-refractivity contribution >= 4 is 22.4 Å². The second kappa shape index (κ2) is 8.43. The van der Waals surface area contributed by atoms with E-state index in [9.17, 15) is 4.79 Å². The van der Waals surface area contributed by atoms with Crippen molar-refractivity contribution in [3.05, 3.63) is 71.3 Å². The van der Waals surface area contributed by atoms with Crippen LogP contribution in [0.15, 0.2) is 65.7 Å². The molecule has 4 aromatic rings. The van der Waals surface area contributed by atoms with Gasteiger partial charge in [0.05, 0.1) is 12.1 Å². The maximum absolute atomic E-state index is 12.4. The highest BCUT2D eigenvalue weighted by Crippen LogP contribution is 2.29. The van der Waals surface area contributed by atoms with Crippen LogP contribution in [-0.2, 0) is 11.3 Å². The Kier molecular flexibility index (Phi) is 5.34. The summed E-state index contributed by atoms with van der Waals surface area (Å²) in [4.78, 5) is 19.3. The summed E-state index contributed by atoms with van der Waals surface area (Å²) in [5.41, 5.74) is 1.78. The number of rotatable bonds is 6. The summed E-state index contributed by atoms with van der Waals surface area (Å²) >= 11 is 0. The number of ether oxygens (including phenoxy) is 2. The lowest BCUT2D eigenvalue weighted by Gasteiger charge is -2.33. The summed E-state index contributed by atoms with van der Waals surface area (Å²) in [6.07, 6.45) is 5.75. The maximum atomic E-state index is 12.4. The lowest BCUT2D eigenvalue weighted by atomic mass is 10.1. The van der Waals surface area contributed by atoms with Crippen LogP contribution in [0.4, 0.5) is 5.82 Å². The zero-order chi connectivity index (χ0) is 21.2. The molecule has 1 aromatic carbocycles. The van der Waals surface area contributed by atoms with E-state index in [0.717, 1.165) is 54.9 Å². The molecule has 0 saturated carbocycles. The van der Waals surface area contributed by atoms with Gasteiger partial charge in [-0.3, -0.25) is 9.20 Å². The molecule has 1 aliphatic rings. The molecular weight excluding hydrogens is 392 g/mol. The number of hydrogen-bond acceptors (Lipinski definition) is 5. The van der Waals surface area contributed by atoms with Crippen LogP contribution in [0.25, 0.3) is 16.6 Å². The summed E-state index contributed by atoms with van der Waals surface area (Å²) in [6, 6.07) is 15.5. The lowest BCUT2D eigenvalue weighted by molar-refractivity contribution is 0.173. The van der Waals surface area contributed by atoms with Gasteiger partial charge in [0.25, 0.3) is 5.56 Å². The van der Waals surface area contributed by atoms with Crippen LogP contribution in [0.5, 0.6) is 5.75 Å². The quantitative estimate of drug-likeness (QED) is 0.481. The molecule has 7 heteroatoms. The van der Waals surface area contributed by atoms with E-state index in [1.807, 2.05) is 30.3 Å². The molecule has 0 unspecified atom stereocenters. The fourth-order valence-corrected chi connectivity index (χ4v) is 4.27. The zero-order valence-electron chi connectivity index (χ0n) is 17.6. The van der Waals surface area contributed by atoms with E-state index in [-0.39, 0.29) is 11.7 Å². The molecule has 1 saturated heterocycles. The minimum absolute atomic E-state index is 0.0522. The number of benzene rings is 1. The van der Waals surface area contributed by atoms with Crippen molar-refractivity contribution in [2.24, 2.45) is 0 Å². The predicted molar refractivity (Wildman–Crippen MR) is 121 cm³/mol. The Morgan fingerprint density at radius 3 is 2.77 bits per heavy atom. The molecule has 5 rings (SSSR count). The van der Waals surface area contributed by atoms with Crippen LogP contribution in [0.1, 0.15) is 12.8 Å². The summed E-state index contributed by atoms with van der Waals surface area (Å²) in [5.74, 6) is 1.67. The minimum Gasteiger partial charge on any atom is -0.490 e. The molecule has 1 aliphatic heterocycles. The van der Waals surface area contributed by atoms with E-state index in [2.05, 4.69) is 32.8 Å². The van der Waals surface area contributed by atoms with Gasteiger partial charge in [0.1, 0.15) is 23.3 Å². The molecule has 0 aliphatic carbocycles. The molecule has 3 aromatic heterocycles. The molecule has 0 atom stereocenters. The highest BCUT2D eigenvalue weighted by atomic mass is 16.5. The number of methoxy groups -OCH3 is 1. The van der Waals surface area contributed by atoms with Crippen molar-refractivity contribution in [3.63, 3.8) is 0 Å². The van der Waals surface area contributed by atoms with Gasteiger partial charge in [0.2, 0.25) is 0 Å². The van der Waals surface area contributed by atoms with Crippen LogP contribution in [0.2, 0.25) is 0 Å². The lowest BCUT2D eigenvalue weighted by Crippen LogP contribution is -2.39. The van der Waals surface area contributed by atoms with Crippen LogP contribution in [0, 0.1) is 0 Å². The highest BCUT2D eigenvalue weighted by molar-refractivity contribution is 5.86. The Morgan fingerprint density at radius 1 is 1.06 bits per heavy atom. The predicted octanol–water partition coefficient (Wildman–Crippen LogP) is 3.34. The van der Waals surface area contributed by atoms with Gasteiger partial charge < -0.3 is 18.9 Å². The van der Waals surface area contributed by atoms with Crippen molar-refractivity contribution in [3.8, 4) is 5.75 Å². The first-order valence-electron chi connectivity index (χ1n) is 10.7. The molecule has 160 valence electrons. The van der Waals surface area contributed by atoms with E-state index in [1.54, 1.807) is 23.8 Å². The normalized spacial score (nSPS) is 15.1. The Balaban J connectivity index is 1.28. The average Bonchev–Trinajstić information content (AvgIpc) is 3.22. The molecule has 0 N–H and O–H groups in total. The van der Waals surface area contributed by atoms with Gasteiger partial charge in [-0.25, -0.2) is 4.98 Å². The van der Waals surface area contributed by atoms with E-state index < -0.39 is 0 Å². The van der Waals surface area contributed by atoms with E-state index in [1.165, 1.54) is 0 Å². The SMILES string of the molecule is COCCn1ccc2c(OC3CCN(c4cc(=O)n5ccccc5n4)CC3)cccc21. The smallest absolute Gasteiger partial charge is 0.259 e. The van der Waals surface area contributed by atoms with Gasteiger partial charge in [-0.1, -0.05) is 12.1 Å². The molecular formula is C24H26N4O3. The van der Waals surface area contributed by atoms with Crippen LogP contribution < -0.4 is 15.2 Å². The van der Waals surface area contributed by atoms with Gasteiger partial charge in [0, 0.05) is 63.4 Å². The molecule has 0 bridgehead atoms. The Hall–Kier alpha value is -3.32. The number of hydrogen-bond donors (Lipinski definition) is 0. The van der Waals surface area contributed by atoms with Crippen molar-refractivity contribution in [1.29, 1.82) is 0 Å². The van der Waals surface area contributed by atoms with Gasteiger partial charge in [-0.05, 0) is 30.3 Å². The van der Waals surface area contributed by atoms with Gasteiger partial charge >= 0.3 is 0 Å². The summed E-state index contributed by atoms with van der Waals surface area (Å²) < 4.78 is 15.4. The average molecular weight is 418 g/mol. The Bertz CT molecular complexity index is 1250. The van der Waals surface area contributed by atoms with Crippen molar-refractivity contribution < 1.29 is 9.47 Å². The van der Waals surface area contributed by atoms with Crippen molar-refractivity contribution in [2.45, 2.75) is 25.5 Å². The number of aromatic nitrogens is 3. The third-order valence-electron chi connectivity index (χ3n) is 5.93. The third-order valence-corrected chi connectivity index (χ3v) is 5.93. The summed E-state index contributed by atoms with van der Waals surface area (Å²) in [5, 5.41) is 1.13. The van der Waals surface area contributed by atoms with Gasteiger partial charge in [-0.2, -0.15) is 0 Å². The topological polar surface area (TPSA) is 61.0 Å². The Morgan fingerprint density at radius 2 is 1.94 bits per heavy atom. The van der Waals surface area contributed by atoms with Gasteiger partial charge in [0.15, 0.2) is 0 Å². The Labute approximate surface area is 180 Å². The fourth-order valence-electron chi connectivity index (χ4n) is 4.27. The summed E-state index contributed by atoms with van der Waals surface area (Å²) in [6.45, 7) is 3.12. The molecule has 0 radical (unpaired) electrons. The first-order valence-corrected chi connectivity index (χ1v) is 10.7. The summed E-state index contributed by atoms with van der Waals surface area (Å²) in [7, 11) is 1.72. The second-order valence-electron chi connectivity index (χ2n) is 7.88. The largest absolute Gasteiger partial charge is 0.490 e. The number of anilines is 1. The van der Waals surface area contributed by atoms with E-state index >= 15 is 0 Å². The first kappa shape index (κ1) is 19.6. The first-order chi connectivity index (χ1) is 15.2. The fraction of sp³-hybridized carbons (Fsp3) is 0.333. The number of fused-ring (bicyclic) bond motifs is 2. The van der Waals surface area contributed by atoms with Crippen LogP contribution >= 0.6 is 0 Å². The van der Waals surface area contributed by atoms with Gasteiger partial charge in [-0.15, -0.1) is 0 Å². The molecule has 31 heavy (non-hydrogen) atoms. The molecule has 7 nitrogen and oxygen atoms in total. The molecule has 4 heterocycles. The third kappa shape index (κ3) is 3.88. The molecule has 0 spiro atoms. The van der Waals surface area contributed by atoms with E-state index in [0.29, 0.717) is 12.3 Å². The standard InChI is InChI=1S/C24H26N4O3/c1-30-16-15-26-14-10-19-20(26)5-4-6-21(19)31-18-8-12-27(13-9-18)23-17-24(29)28-11-3-2-7-22(28)25-23/h2-7,10-11,14,17-18H,8-9,12-13,15-16H2,1H3. The highest BCUT2D eigenvalue weighted by Gasteiger charge is 2.23. The van der Waals surface area contributed by atoms with Crippen LogP contribution in [0.3, 0.4) is 0 Å².